The Balaban J connectivity index is 2.06. The number of nitrogens with zero attached hydrogens (tertiary/aromatic N) is 2. The van der Waals surface area contributed by atoms with Gasteiger partial charge in [-0.1, -0.05) is 19.4 Å². The Morgan fingerprint density at radius 1 is 1.35 bits per heavy atom. The molecule has 0 radical (unpaired) electrons. The van der Waals surface area contributed by atoms with Crippen LogP contribution in [0, 0.1) is 13.8 Å². The van der Waals surface area contributed by atoms with E-state index < -0.39 is 0 Å². The van der Waals surface area contributed by atoms with Crippen LogP contribution in [0.4, 0.5) is 5.69 Å². The molecule has 0 aromatic heterocycles. The number of benzene rings is 1. The quantitative estimate of drug-likeness (QED) is 0.462. The van der Waals surface area contributed by atoms with Gasteiger partial charge in [0, 0.05) is 19.2 Å². The molecule has 0 saturated heterocycles. The first-order valence-corrected chi connectivity index (χ1v) is 8.48. The van der Waals surface area contributed by atoms with Gasteiger partial charge in [0.15, 0.2) is 0 Å². The van der Waals surface area contributed by atoms with Crippen LogP contribution in [0.5, 0.6) is 0 Å². The van der Waals surface area contributed by atoms with Crippen molar-refractivity contribution in [1.82, 2.24) is 10.4 Å². The third-order valence-corrected chi connectivity index (χ3v) is 4.41. The van der Waals surface area contributed by atoms with E-state index in [9.17, 15) is 0 Å². The second-order valence-corrected chi connectivity index (χ2v) is 6.38. The Hall–Kier alpha value is -1.81. The van der Waals surface area contributed by atoms with Gasteiger partial charge in [0.2, 0.25) is 0 Å². The lowest BCUT2D eigenvalue weighted by molar-refractivity contribution is 0.00964. The normalized spacial score (nSPS) is 15.3. The largest absolute Gasteiger partial charge is 0.366 e. The molecule has 1 N–H and O–H groups in total. The summed E-state index contributed by atoms with van der Waals surface area (Å²) in [5, 5.41) is 0. The topological polar surface area (TPSA) is 36.9 Å². The first kappa shape index (κ1) is 17.5. The highest BCUT2D eigenvalue weighted by atomic mass is 16.7. The van der Waals surface area contributed by atoms with E-state index in [1.54, 1.807) is 0 Å². The third kappa shape index (κ3) is 4.83. The number of hydrogen-bond donors (Lipinski definition) is 1. The SMILES string of the molecule is C=C(NOC1CCCC1)c1cc(C)c(N=CN(C)CC)cc1C. The maximum absolute atomic E-state index is 5.75. The molecule has 23 heavy (non-hydrogen) atoms. The van der Waals surface area contributed by atoms with Gasteiger partial charge in [-0.3, -0.25) is 10.3 Å². The number of rotatable bonds is 7. The summed E-state index contributed by atoms with van der Waals surface area (Å²) in [6.45, 7) is 11.3. The van der Waals surface area contributed by atoms with Crippen LogP contribution in [0.1, 0.15) is 49.3 Å². The van der Waals surface area contributed by atoms with Gasteiger partial charge in [-0.05, 0) is 56.9 Å². The summed E-state index contributed by atoms with van der Waals surface area (Å²) in [6.07, 6.45) is 6.98. The molecular weight excluding hydrogens is 286 g/mol. The zero-order chi connectivity index (χ0) is 16.8. The number of aliphatic imine (C=N–C) groups is 1. The summed E-state index contributed by atoms with van der Waals surface area (Å²) in [6, 6.07) is 4.23. The number of nitrogens with one attached hydrogen (secondary N) is 1. The minimum absolute atomic E-state index is 0.321. The smallest absolute Gasteiger partial charge is 0.0909 e. The van der Waals surface area contributed by atoms with E-state index in [0.717, 1.165) is 47.5 Å². The van der Waals surface area contributed by atoms with Crippen molar-refractivity contribution in [3.63, 3.8) is 0 Å². The van der Waals surface area contributed by atoms with E-state index in [0.29, 0.717) is 6.10 Å². The van der Waals surface area contributed by atoms with E-state index in [1.165, 1.54) is 12.8 Å². The number of hydroxylamine groups is 1. The molecule has 4 heteroatoms. The average Bonchev–Trinajstić information content (AvgIpc) is 3.06. The Morgan fingerprint density at radius 3 is 2.70 bits per heavy atom. The Labute approximate surface area is 140 Å². The van der Waals surface area contributed by atoms with Gasteiger partial charge in [0.1, 0.15) is 0 Å². The number of aryl methyl sites for hydroxylation is 2. The fraction of sp³-hybridized carbons (Fsp3) is 0.526. The molecule has 0 heterocycles. The molecule has 4 nitrogen and oxygen atoms in total. The van der Waals surface area contributed by atoms with E-state index in [-0.39, 0.29) is 0 Å². The van der Waals surface area contributed by atoms with Crippen LogP contribution in [0.15, 0.2) is 23.7 Å². The molecule has 1 saturated carbocycles. The van der Waals surface area contributed by atoms with Crippen molar-refractivity contribution in [2.75, 3.05) is 13.6 Å². The standard InChI is InChI=1S/C19H29N3O/c1-6-22(5)13-20-19-12-14(2)18(11-15(19)3)16(4)21-23-17-9-7-8-10-17/h11-13,17,21H,4,6-10H2,1-3,5H3. The van der Waals surface area contributed by atoms with Crippen molar-refractivity contribution < 1.29 is 4.84 Å². The Bertz CT molecular complexity index is 574. The molecule has 1 aromatic carbocycles. The van der Waals surface area contributed by atoms with E-state index >= 15 is 0 Å². The van der Waals surface area contributed by atoms with Gasteiger partial charge in [-0.2, -0.15) is 0 Å². The molecule has 1 aliphatic rings. The highest BCUT2D eigenvalue weighted by Crippen LogP contribution is 2.27. The van der Waals surface area contributed by atoms with Crippen LogP contribution < -0.4 is 5.48 Å². The average molecular weight is 315 g/mol. The predicted molar refractivity (Wildman–Crippen MR) is 97.9 cm³/mol. The first-order valence-electron chi connectivity index (χ1n) is 8.48. The van der Waals surface area contributed by atoms with Crippen molar-refractivity contribution in [1.29, 1.82) is 0 Å². The highest BCUT2D eigenvalue weighted by Gasteiger charge is 2.16. The predicted octanol–water partition coefficient (Wildman–Crippen LogP) is 4.35. The zero-order valence-electron chi connectivity index (χ0n) is 14.9. The van der Waals surface area contributed by atoms with E-state index in [4.69, 9.17) is 4.84 Å². The molecule has 1 aliphatic carbocycles. The highest BCUT2D eigenvalue weighted by molar-refractivity contribution is 5.70. The molecule has 0 atom stereocenters. The maximum atomic E-state index is 5.75. The summed E-state index contributed by atoms with van der Waals surface area (Å²) < 4.78 is 0. The maximum Gasteiger partial charge on any atom is 0.0909 e. The summed E-state index contributed by atoms with van der Waals surface area (Å²) in [5.74, 6) is 0. The van der Waals surface area contributed by atoms with Gasteiger partial charge < -0.3 is 4.90 Å². The fourth-order valence-corrected chi connectivity index (χ4v) is 2.72. The third-order valence-electron chi connectivity index (χ3n) is 4.41. The van der Waals surface area contributed by atoms with Crippen molar-refractivity contribution in [3.8, 4) is 0 Å². The van der Waals surface area contributed by atoms with E-state index in [2.05, 4.69) is 54.9 Å². The van der Waals surface area contributed by atoms with Crippen LogP contribution in [-0.4, -0.2) is 30.9 Å². The van der Waals surface area contributed by atoms with Crippen molar-refractivity contribution in [2.45, 2.75) is 52.6 Å². The minimum Gasteiger partial charge on any atom is -0.366 e. The Kier molecular flexibility index (Phi) is 6.22. The molecule has 1 aromatic rings. The molecule has 0 aliphatic heterocycles. The van der Waals surface area contributed by atoms with E-state index in [1.807, 2.05) is 13.4 Å². The minimum atomic E-state index is 0.321. The second-order valence-electron chi connectivity index (χ2n) is 6.38. The summed E-state index contributed by atoms with van der Waals surface area (Å²) in [5.41, 5.74) is 8.23. The fourth-order valence-electron chi connectivity index (χ4n) is 2.72. The molecule has 2 rings (SSSR count). The Morgan fingerprint density at radius 2 is 2.04 bits per heavy atom. The van der Waals surface area contributed by atoms with Gasteiger partial charge in [0.25, 0.3) is 0 Å². The lowest BCUT2D eigenvalue weighted by Crippen LogP contribution is -2.20. The summed E-state index contributed by atoms with van der Waals surface area (Å²) >= 11 is 0. The molecule has 0 unspecified atom stereocenters. The molecule has 1 fully saturated rings. The molecule has 0 spiro atoms. The molecular formula is C19H29N3O. The molecule has 0 bridgehead atoms. The van der Waals surface area contributed by atoms with Gasteiger partial charge in [-0.15, -0.1) is 0 Å². The molecule has 126 valence electrons. The van der Waals surface area contributed by atoms with Crippen molar-refractivity contribution in [2.24, 2.45) is 4.99 Å². The molecule has 0 amide bonds. The van der Waals surface area contributed by atoms with Gasteiger partial charge in [-0.25, -0.2) is 4.99 Å². The van der Waals surface area contributed by atoms with Gasteiger partial charge >= 0.3 is 0 Å². The zero-order valence-corrected chi connectivity index (χ0v) is 14.9. The van der Waals surface area contributed by atoms with Crippen molar-refractivity contribution in [3.05, 3.63) is 35.4 Å². The summed E-state index contributed by atoms with van der Waals surface area (Å²) in [7, 11) is 2.02. The van der Waals surface area contributed by atoms with Crippen LogP contribution >= 0.6 is 0 Å². The van der Waals surface area contributed by atoms with Crippen LogP contribution in [0.3, 0.4) is 0 Å². The second kappa shape index (κ2) is 8.16. The first-order chi connectivity index (χ1) is 11.0. The van der Waals surface area contributed by atoms with Crippen LogP contribution in [-0.2, 0) is 4.84 Å². The van der Waals surface area contributed by atoms with Crippen LogP contribution in [0.2, 0.25) is 0 Å². The van der Waals surface area contributed by atoms with Crippen molar-refractivity contribution >= 4 is 17.7 Å². The number of hydrogen-bond acceptors (Lipinski definition) is 3. The lowest BCUT2D eigenvalue weighted by Gasteiger charge is -2.17. The lowest BCUT2D eigenvalue weighted by atomic mass is 10.0. The summed E-state index contributed by atoms with van der Waals surface area (Å²) in [4.78, 5) is 12.4. The van der Waals surface area contributed by atoms with Crippen LogP contribution in [0.25, 0.3) is 5.70 Å². The van der Waals surface area contributed by atoms with Gasteiger partial charge in [0.05, 0.1) is 23.8 Å². The monoisotopic (exact) mass is 315 g/mol.